The number of rotatable bonds is 1. The van der Waals surface area contributed by atoms with Crippen LogP contribution in [0.1, 0.15) is 5.56 Å². The van der Waals surface area contributed by atoms with Gasteiger partial charge >= 0.3 is 0 Å². The third-order valence-electron chi connectivity index (χ3n) is 1.54. The van der Waals surface area contributed by atoms with Gasteiger partial charge in [-0.3, -0.25) is 4.99 Å². The smallest absolute Gasteiger partial charge is 0.143 e. The van der Waals surface area contributed by atoms with E-state index in [0.717, 1.165) is 10.0 Å². The van der Waals surface area contributed by atoms with Gasteiger partial charge in [0.25, 0.3) is 0 Å². The fraction of sp³-hybridized carbons (Fsp3) is 0.125. The van der Waals surface area contributed by atoms with Crippen molar-refractivity contribution in [3.05, 3.63) is 33.3 Å². The molecule has 13 heavy (non-hydrogen) atoms. The summed E-state index contributed by atoms with van der Waals surface area (Å²) >= 11 is 9.29. The fourth-order valence-electron chi connectivity index (χ4n) is 0.942. The van der Waals surface area contributed by atoms with E-state index in [1.165, 1.54) is 0 Å². The van der Waals surface area contributed by atoms with Gasteiger partial charge in [-0.25, -0.2) is 5.84 Å². The molecule has 0 unspecified atom stereocenters. The number of nitrogens with zero attached hydrogens (tertiary/aromatic N) is 1. The highest BCUT2D eigenvalue weighted by Gasteiger charge is 2.06. The molecule has 0 saturated heterocycles. The zero-order valence-corrected chi connectivity index (χ0v) is 9.35. The monoisotopic (exact) mass is 261 g/mol. The molecule has 1 aromatic rings. The van der Waals surface area contributed by atoms with Crippen molar-refractivity contribution in [1.82, 2.24) is 5.43 Å². The molecule has 1 rings (SSSR count). The lowest BCUT2D eigenvalue weighted by Gasteiger charge is -2.06. The average Bonchev–Trinajstić information content (AvgIpc) is 2.13. The topological polar surface area (TPSA) is 50.4 Å². The van der Waals surface area contributed by atoms with E-state index in [0.29, 0.717) is 10.9 Å². The number of nitrogens with one attached hydrogen (secondary N) is 1. The summed E-state index contributed by atoms with van der Waals surface area (Å²) in [5.74, 6) is 5.84. The van der Waals surface area contributed by atoms with E-state index < -0.39 is 0 Å². The molecule has 3 nitrogen and oxygen atoms in total. The Kier molecular flexibility index (Phi) is 3.71. The van der Waals surface area contributed by atoms with Gasteiger partial charge in [0.15, 0.2) is 0 Å². The van der Waals surface area contributed by atoms with Gasteiger partial charge in [0, 0.05) is 17.1 Å². The highest BCUT2D eigenvalue weighted by molar-refractivity contribution is 9.10. The van der Waals surface area contributed by atoms with Crippen molar-refractivity contribution in [1.29, 1.82) is 0 Å². The van der Waals surface area contributed by atoms with Gasteiger partial charge in [0.05, 0.1) is 5.02 Å². The SMILES string of the molecule is CN=C(NN)c1cc(Br)ccc1Cl. The van der Waals surface area contributed by atoms with Crippen LogP contribution in [0.15, 0.2) is 27.7 Å². The van der Waals surface area contributed by atoms with Crippen LogP contribution in [0.5, 0.6) is 0 Å². The summed E-state index contributed by atoms with van der Waals surface area (Å²) < 4.78 is 0.934. The van der Waals surface area contributed by atoms with Gasteiger partial charge in [-0.05, 0) is 18.2 Å². The molecule has 0 atom stereocenters. The predicted molar refractivity (Wildman–Crippen MR) is 58.9 cm³/mol. The van der Waals surface area contributed by atoms with Crippen LogP contribution in [-0.4, -0.2) is 12.9 Å². The first kappa shape index (κ1) is 10.5. The van der Waals surface area contributed by atoms with Gasteiger partial charge in [-0.1, -0.05) is 27.5 Å². The summed E-state index contributed by atoms with van der Waals surface area (Å²) in [6.07, 6.45) is 0. The van der Waals surface area contributed by atoms with Gasteiger partial charge in [0.2, 0.25) is 0 Å². The van der Waals surface area contributed by atoms with Crippen LogP contribution in [0.2, 0.25) is 5.02 Å². The molecule has 0 radical (unpaired) electrons. The lowest BCUT2D eigenvalue weighted by atomic mass is 10.2. The van der Waals surface area contributed by atoms with E-state index in [4.69, 9.17) is 17.4 Å². The Bertz CT molecular complexity index is 338. The number of nitrogens with two attached hydrogens (primary N) is 1. The molecule has 0 saturated carbocycles. The normalized spacial score (nSPS) is 11.5. The summed E-state index contributed by atoms with van der Waals surface area (Å²) in [6.45, 7) is 0. The maximum atomic E-state index is 5.95. The van der Waals surface area contributed by atoms with Crippen molar-refractivity contribution < 1.29 is 0 Å². The molecule has 3 N–H and O–H groups in total. The molecular formula is C8H9BrClN3. The molecule has 0 heterocycles. The summed E-state index contributed by atoms with van der Waals surface area (Å²) in [5.41, 5.74) is 3.26. The maximum absolute atomic E-state index is 5.95. The Morgan fingerprint density at radius 1 is 1.62 bits per heavy atom. The highest BCUT2D eigenvalue weighted by Crippen LogP contribution is 2.20. The van der Waals surface area contributed by atoms with Gasteiger partial charge in [-0.15, -0.1) is 0 Å². The molecule has 0 fully saturated rings. The van der Waals surface area contributed by atoms with Gasteiger partial charge < -0.3 is 5.43 Å². The standard InChI is InChI=1S/C8H9BrClN3/c1-12-8(13-11)6-4-5(9)2-3-7(6)10/h2-4H,11H2,1H3,(H,12,13). The Hall–Kier alpha value is -0.580. The maximum Gasteiger partial charge on any atom is 0.143 e. The summed E-state index contributed by atoms with van der Waals surface area (Å²) in [6, 6.07) is 5.49. The highest BCUT2D eigenvalue weighted by atomic mass is 79.9. The van der Waals surface area contributed by atoms with Crippen molar-refractivity contribution >= 4 is 33.4 Å². The van der Waals surface area contributed by atoms with E-state index in [1.54, 1.807) is 13.1 Å². The third kappa shape index (κ3) is 2.43. The average molecular weight is 263 g/mol. The quantitative estimate of drug-likeness (QED) is 0.352. The number of hydrogen-bond acceptors (Lipinski definition) is 2. The number of aliphatic imine (C=N–C) groups is 1. The third-order valence-corrected chi connectivity index (χ3v) is 2.37. The zero-order chi connectivity index (χ0) is 9.84. The second-order valence-corrected chi connectivity index (χ2v) is 3.66. The molecular weight excluding hydrogens is 253 g/mol. The van der Waals surface area contributed by atoms with E-state index in [2.05, 4.69) is 26.3 Å². The van der Waals surface area contributed by atoms with Crippen LogP contribution in [0.4, 0.5) is 0 Å². The lowest BCUT2D eigenvalue weighted by molar-refractivity contribution is 1.02. The Morgan fingerprint density at radius 3 is 2.85 bits per heavy atom. The van der Waals surface area contributed by atoms with Crippen LogP contribution < -0.4 is 11.3 Å². The van der Waals surface area contributed by atoms with Gasteiger partial charge in [-0.2, -0.15) is 0 Å². The minimum Gasteiger partial charge on any atom is -0.308 e. The first-order chi connectivity index (χ1) is 6.19. The minimum atomic E-state index is 0.561. The van der Waals surface area contributed by atoms with E-state index >= 15 is 0 Å². The van der Waals surface area contributed by atoms with Crippen LogP contribution in [0, 0.1) is 0 Å². The van der Waals surface area contributed by atoms with E-state index in [-0.39, 0.29) is 0 Å². The molecule has 0 amide bonds. The molecule has 0 aliphatic rings. The second kappa shape index (κ2) is 4.60. The largest absolute Gasteiger partial charge is 0.308 e. The fourth-order valence-corrected chi connectivity index (χ4v) is 1.51. The number of halogens is 2. The molecule has 1 aromatic carbocycles. The summed E-state index contributed by atoms with van der Waals surface area (Å²) in [7, 11) is 1.65. The van der Waals surface area contributed by atoms with Crippen molar-refractivity contribution in [2.45, 2.75) is 0 Å². The summed E-state index contributed by atoms with van der Waals surface area (Å²) in [5, 5.41) is 0.613. The molecule has 0 bridgehead atoms. The van der Waals surface area contributed by atoms with Crippen molar-refractivity contribution in [2.24, 2.45) is 10.8 Å². The number of hydrazine groups is 1. The molecule has 70 valence electrons. The zero-order valence-electron chi connectivity index (χ0n) is 7.01. The van der Waals surface area contributed by atoms with E-state index in [1.807, 2.05) is 12.1 Å². The molecule has 0 spiro atoms. The summed E-state index contributed by atoms with van der Waals surface area (Å²) in [4.78, 5) is 3.95. The van der Waals surface area contributed by atoms with Crippen LogP contribution in [-0.2, 0) is 0 Å². The van der Waals surface area contributed by atoms with Crippen LogP contribution in [0.3, 0.4) is 0 Å². The Morgan fingerprint density at radius 2 is 2.31 bits per heavy atom. The molecule has 5 heteroatoms. The van der Waals surface area contributed by atoms with Crippen molar-refractivity contribution in [3.8, 4) is 0 Å². The first-order valence-electron chi connectivity index (χ1n) is 3.58. The Labute approximate surface area is 90.1 Å². The van der Waals surface area contributed by atoms with Crippen molar-refractivity contribution in [3.63, 3.8) is 0 Å². The first-order valence-corrected chi connectivity index (χ1v) is 4.75. The molecule has 0 aliphatic carbocycles. The van der Waals surface area contributed by atoms with Crippen molar-refractivity contribution in [2.75, 3.05) is 7.05 Å². The minimum absolute atomic E-state index is 0.561. The number of amidine groups is 1. The Balaban J connectivity index is 3.19. The number of hydrogen-bond donors (Lipinski definition) is 2. The predicted octanol–water partition coefficient (Wildman–Crippen LogP) is 1.94. The lowest BCUT2D eigenvalue weighted by Crippen LogP contribution is -2.31. The van der Waals surface area contributed by atoms with Gasteiger partial charge in [0.1, 0.15) is 5.84 Å². The van der Waals surface area contributed by atoms with E-state index in [9.17, 15) is 0 Å². The van der Waals surface area contributed by atoms with Crippen LogP contribution in [0.25, 0.3) is 0 Å². The number of benzene rings is 1. The molecule has 0 aliphatic heterocycles. The van der Waals surface area contributed by atoms with Crippen LogP contribution >= 0.6 is 27.5 Å². The molecule has 0 aromatic heterocycles. The second-order valence-electron chi connectivity index (χ2n) is 2.34.